The topological polar surface area (TPSA) is 70.5 Å². The second-order valence-electron chi connectivity index (χ2n) is 4.98. The van der Waals surface area contributed by atoms with Crippen LogP contribution in [0.3, 0.4) is 0 Å². The zero-order valence-electron chi connectivity index (χ0n) is 11.2. The first kappa shape index (κ1) is 12.0. The number of aromatic amines is 2. The molecule has 0 bridgehead atoms. The van der Waals surface area contributed by atoms with Crippen molar-refractivity contribution in [1.82, 2.24) is 15.2 Å². The number of aromatic nitrogens is 3. The molecule has 1 aromatic carbocycles. The highest BCUT2D eigenvalue weighted by molar-refractivity contribution is 5.88. The number of nitrogens with one attached hydrogen (secondary N) is 2. The number of nitrogens with two attached hydrogens (primary N) is 1. The Kier molecular flexibility index (Phi) is 2.87. The molecule has 0 fully saturated rings. The van der Waals surface area contributed by atoms with Gasteiger partial charge in [-0.25, -0.2) is 0 Å². The molecule has 2 aromatic heterocycles. The van der Waals surface area contributed by atoms with E-state index in [4.69, 9.17) is 5.73 Å². The quantitative estimate of drug-likeness (QED) is 0.672. The molecule has 0 radical (unpaired) electrons. The molecule has 2 heterocycles. The summed E-state index contributed by atoms with van der Waals surface area (Å²) in [5.41, 5.74) is 13.0. The predicted octanol–water partition coefficient (Wildman–Crippen LogP) is 2.56. The van der Waals surface area contributed by atoms with E-state index >= 15 is 0 Å². The maximum absolute atomic E-state index is 5.73. The van der Waals surface area contributed by atoms with Gasteiger partial charge in [0.15, 0.2) is 0 Å². The van der Waals surface area contributed by atoms with Crippen LogP contribution in [0.25, 0.3) is 10.9 Å². The van der Waals surface area contributed by atoms with Crippen LogP contribution in [0.4, 0.5) is 0 Å². The lowest BCUT2D eigenvalue weighted by Crippen LogP contribution is -2.01. The summed E-state index contributed by atoms with van der Waals surface area (Å²) >= 11 is 0. The highest BCUT2D eigenvalue weighted by atomic mass is 15.1. The minimum atomic E-state index is 0.496. The fraction of sp³-hybridized carbons (Fsp3) is 0.267. The van der Waals surface area contributed by atoms with E-state index in [0.29, 0.717) is 6.54 Å². The molecule has 0 spiro atoms. The van der Waals surface area contributed by atoms with Crippen LogP contribution < -0.4 is 5.73 Å². The smallest absolute Gasteiger partial charge is 0.0526 e. The molecule has 3 aromatic rings. The van der Waals surface area contributed by atoms with Gasteiger partial charge in [0.05, 0.1) is 11.9 Å². The van der Waals surface area contributed by atoms with Gasteiger partial charge in [-0.05, 0) is 36.6 Å². The monoisotopic (exact) mass is 254 g/mol. The van der Waals surface area contributed by atoms with Crippen LogP contribution >= 0.6 is 0 Å². The van der Waals surface area contributed by atoms with E-state index in [1.165, 1.54) is 33.3 Å². The number of fused-ring (bicyclic) bond motifs is 1. The molecule has 4 heteroatoms. The second-order valence-corrected chi connectivity index (χ2v) is 4.98. The Morgan fingerprint density at radius 2 is 2.11 bits per heavy atom. The molecule has 0 aliphatic carbocycles. The minimum Gasteiger partial charge on any atom is -0.358 e. The van der Waals surface area contributed by atoms with Gasteiger partial charge in [0.25, 0.3) is 0 Å². The van der Waals surface area contributed by atoms with E-state index in [-0.39, 0.29) is 0 Å². The third-order valence-electron chi connectivity index (χ3n) is 3.73. The molecule has 0 atom stereocenters. The van der Waals surface area contributed by atoms with Crippen molar-refractivity contribution in [3.05, 3.63) is 52.5 Å². The number of nitrogens with zero attached hydrogens (tertiary/aromatic N) is 1. The summed E-state index contributed by atoms with van der Waals surface area (Å²) in [6, 6.07) is 6.36. The number of H-pyrrole nitrogens is 2. The number of benzene rings is 1. The van der Waals surface area contributed by atoms with Crippen LogP contribution in [0.15, 0.2) is 24.4 Å². The fourth-order valence-electron chi connectivity index (χ4n) is 2.72. The third kappa shape index (κ3) is 1.94. The molecular formula is C15H18N4. The summed E-state index contributed by atoms with van der Waals surface area (Å²) in [5.74, 6) is 0. The summed E-state index contributed by atoms with van der Waals surface area (Å²) in [5, 5.41) is 8.38. The Morgan fingerprint density at radius 1 is 1.26 bits per heavy atom. The van der Waals surface area contributed by atoms with Gasteiger partial charge >= 0.3 is 0 Å². The van der Waals surface area contributed by atoms with Crippen LogP contribution in [0.5, 0.6) is 0 Å². The average molecular weight is 254 g/mol. The van der Waals surface area contributed by atoms with E-state index in [1.807, 2.05) is 6.20 Å². The lowest BCUT2D eigenvalue weighted by atomic mass is 9.99. The molecular weight excluding hydrogens is 236 g/mol. The van der Waals surface area contributed by atoms with Crippen LogP contribution in [0.1, 0.15) is 28.1 Å². The summed E-state index contributed by atoms with van der Waals surface area (Å²) in [6.45, 7) is 4.77. The van der Waals surface area contributed by atoms with Crippen molar-refractivity contribution >= 4 is 10.9 Å². The lowest BCUT2D eigenvalue weighted by molar-refractivity contribution is 0.933. The fourth-order valence-corrected chi connectivity index (χ4v) is 2.72. The summed E-state index contributed by atoms with van der Waals surface area (Å²) in [4.78, 5) is 3.46. The largest absolute Gasteiger partial charge is 0.358 e. The van der Waals surface area contributed by atoms with E-state index in [2.05, 4.69) is 47.2 Å². The van der Waals surface area contributed by atoms with Crippen molar-refractivity contribution in [3.8, 4) is 0 Å². The molecule has 0 saturated heterocycles. The molecule has 0 unspecified atom stereocenters. The summed E-state index contributed by atoms with van der Waals surface area (Å²) in [6.07, 6.45) is 2.73. The Hall–Kier alpha value is -2.07. The van der Waals surface area contributed by atoms with Crippen LogP contribution in [-0.2, 0) is 13.0 Å². The Morgan fingerprint density at radius 3 is 2.89 bits per heavy atom. The molecule has 0 aliphatic rings. The Bertz CT molecular complexity index is 721. The number of aryl methyl sites for hydroxylation is 2. The van der Waals surface area contributed by atoms with Crippen LogP contribution in [-0.4, -0.2) is 15.2 Å². The molecule has 4 N–H and O–H groups in total. The van der Waals surface area contributed by atoms with Gasteiger partial charge < -0.3 is 10.7 Å². The normalized spacial score (nSPS) is 11.3. The van der Waals surface area contributed by atoms with E-state index in [0.717, 1.165) is 12.1 Å². The van der Waals surface area contributed by atoms with Gasteiger partial charge in [-0.2, -0.15) is 5.10 Å². The van der Waals surface area contributed by atoms with Crippen molar-refractivity contribution in [2.45, 2.75) is 26.8 Å². The zero-order chi connectivity index (χ0) is 13.4. The second kappa shape index (κ2) is 4.55. The average Bonchev–Trinajstić information content (AvgIpc) is 2.96. The van der Waals surface area contributed by atoms with Gasteiger partial charge in [-0.15, -0.1) is 0 Å². The van der Waals surface area contributed by atoms with Gasteiger partial charge in [0.1, 0.15) is 0 Å². The Labute approximate surface area is 112 Å². The summed E-state index contributed by atoms with van der Waals surface area (Å²) in [7, 11) is 0. The highest BCUT2D eigenvalue weighted by Crippen LogP contribution is 2.27. The first-order chi connectivity index (χ1) is 9.20. The predicted molar refractivity (Wildman–Crippen MR) is 77.1 cm³/mol. The van der Waals surface area contributed by atoms with E-state index in [9.17, 15) is 0 Å². The van der Waals surface area contributed by atoms with Gasteiger partial charge in [0.2, 0.25) is 0 Å². The number of hydrogen-bond acceptors (Lipinski definition) is 2. The van der Waals surface area contributed by atoms with Crippen molar-refractivity contribution in [2.24, 2.45) is 5.73 Å². The molecule has 0 aliphatic heterocycles. The molecule has 0 saturated carbocycles. The van der Waals surface area contributed by atoms with Gasteiger partial charge in [0, 0.05) is 29.6 Å². The Balaban J connectivity index is 2.13. The highest BCUT2D eigenvalue weighted by Gasteiger charge is 2.13. The first-order valence-corrected chi connectivity index (χ1v) is 6.48. The SMILES string of the molecule is Cc1[nH]c2cccc(C)c2c1Cc1cn[nH]c1CN. The molecule has 4 nitrogen and oxygen atoms in total. The molecule has 0 amide bonds. The van der Waals surface area contributed by atoms with E-state index < -0.39 is 0 Å². The lowest BCUT2D eigenvalue weighted by Gasteiger charge is -2.04. The number of hydrogen-bond donors (Lipinski definition) is 3. The van der Waals surface area contributed by atoms with Crippen molar-refractivity contribution in [2.75, 3.05) is 0 Å². The first-order valence-electron chi connectivity index (χ1n) is 6.48. The molecule has 3 rings (SSSR count). The molecule has 98 valence electrons. The maximum atomic E-state index is 5.73. The van der Waals surface area contributed by atoms with Crippen LogP contribution in [0, 0.1) is 13.8 Å². The minimum absolute atomic E-state index is 0.496. The number of rotatable bonds is 3. The third-order valence-corrected chi connectivity index (χ3v) is 3.73. The van der Waals surface area contributed by atoms with Crippen LogP contribution in [0.2, 0.25) is 0 Å². The zero-order valence-corrected chi connectivity index (χ0v) is 11.2. The van der Waals surface area contributed by atoms with Gasteiger partial charge in [-0.3, -0.25) is 5.10 Å². The van der Waals surface area contributed by atoms with Crippen molar-refractivity contribution < 1.29 is 0 Å². The van der Waals surface area contributed by atoms with Crippen molar-refractivity contribution in [3.63, 3.8) is 0 Å². The van der Waals surface area contributed by atoms with E-state index in [1.54, 1.807) is 0 Å². The maximum Gasteiger partial charge on any atom is 0.0526 e. The summed E-state index contributed by atoms with van der Waals surface area (Å²) < 4.78 is 0. The standard InChI is InChI=1S/C15H18N4/c1-9-4-3-5-13-15(9)12(10(2)18-13)6-11-8-17-19-14(11)7-16/h3-5,8,18H,6-7,16H2,1-2H3,(H,17,19). The molecule has 19 heavy (non-hydrogen) atoms. The van der Waals surface area contributed by atoms with Gasteiger partial charge in [-0.1, -0.05) is 12.1 Å². The van der Waals surface area contributed by atoms with Crippen molar-refractivity contribution in [1.29, 1.82) is 0 Å².